The fourth-order valence-electron chi connectivity index (χ4n) is 4.42. The van der Waals surface area contributed by atoms with Crippen molar-refractivity contribution in [2.45, 2.75) is 45.4 Å². The summed E-state index contributed by atoms with van der Waals surface area (Å²) >= 11 is 0. The molecule has 0 saturated carbocycles. The molecule has 0 saturated heterocycles. The highest BCUT2D eigenvalue weighted by atomic mass is 19.1. The topological polar surface area (TPSA) is 60.8 Å². The molecule has 0 unspecified atom stereocenters. The summed E-state index contributed by atoms with van der Waals surface area (Å²) in [6.07, 6.45) is 4.68. The highest BCUT2D eigenvalue weighted by Gasteiger charge is 2.15. The van der Waals surface area contributed by atoms with Crippen LogP contribution in [-0.2, 0) is 12.8 Å². The van der Waals surface area contributed by atoms with Gasteiger partial charge in [0.15, 0.2) is 5.78 Å². The largest absolute Gasteiger partial charge is 0.497 e. The molecule has 2 heterocycles. The molecule has 0 radical (unpaired) electrons. The molecular formula is C29H31FN2O3. The van der Waals surface area contributed by atoms with E-state index in [1.807, 2.05) is 37.3 Å². The summed E-state index contributed by atoms with van der Waals surface area (Å²) in [5.74, 6) is 1.06. The van der Waals surface area contributed by atoms with Gasteiger partial charge in [0.25, 0.3) is 0 Å². The van der Waals surface area contributed by atoms with Crippen molar-refractivity contribution in [3.8, 4) is 22.8 Å². The highest BCUT2D eigenvalue weighted by molar-refractivity contribution is 5.95. The summed E-state index contributed by atoms with van der Waals surface area (Å²) in [4.78, 5) is 22.5. The van der Waals surface area contributed by atoms with Crippen molar-refractivity contribution < 1.29 is 18.7 Å². The predicted octanol–water partition coefficient (Wildman–Crippen LogP) is 6.20. The zero-order valence-corrected chi connectivity index (χ0v) is 20.6. The van der Waals surface area contributed by atoms with Crippen molar-refractivity contribution in [2.24, 2.45) is 4.99 Å². The number of Topliss-reactive ketones (excluding diaryl/α,β-unsaturated/α-hetero) is 1. The Labute approximate surface area is 206 Å². The highest BCUT2D eigenvalue weighted by Crippen LogP contribution is 2.27. The Bertz CT molecular complexity index is 1230. The quantitative estimate of drug-likeness (QED) is 0.329. The molecule has 0 amide bonds. The molecule has 0 atom stereocenters. The Morgan fingerprint density at radius 1 is 0.943 bits per heavy atom. The molecule has 0 bridgehead atoms. The van der Waals surface area contributed by atoms with Gasteiger partial charge in [-0.1, -0.05) is 0 Å². The smallest absolute Gasteiger partial charge is 0.181 e. The second kappa shape index (κ2) is 11.3. The number of carbonyl (C=O) groups excluding carboxylic acids is 1. The molecule has 4 rings (SSSR count). The number of aryl methyl sites for hydroxylation is 3. The zero-order chi connectivity index (χ0) is 24.8. The van der Waals surface area contributed by atoms with Crippen LogP contribution in [0.25, 0.3) is 11.3 Å². The Kier molecular flexibility index (Phi) is 7.91. The number of nitrogens with zero attached hydrogens (tertiary/aromatic N) is 2. The Morgan fingerprint density at radius 3 is 2.34 bits per heavy atom. The number of ether oxygens (including phenoxy) is 2. The van der Waals surface area contributed by atoms with E-state index in [4.69, 9.17) is 14.5 Å². The lowest BCUT2D eigenvalue weighted by Crippen LogP contribution is -2.07. The third-order valence-electron chi connectivity index (χ3n) is 6.35. The summed E-state index contributed by atoms with van der Waals surface area (Å²) in [6.45, 7) is 2.77. The van der Waals surface area contributed by atoms with Crippen molar-refractivity contribution in [3.05, 3.63) is 76.7 Å². The van der Waals surface area contributed by atoms with Crippen LogP contribution in [-0.4, -0.2) is 37.2 Å². The van der Waals surface area contributed by atoms with E-state index in [2.05, 4.69) is 4.99 Å². The molecule has 1 aliphatic heterocycles. The number of halogens is 1. The van der Waals surface area contributed by atoms with Crippen LogP contribution in [0, 0.1) is 12.7 Å². The van der Waals surface area contributed by atoms with E-state index in [-0.39, 0.29) is 11.6 Å². The molecule has 0 fully saturated rings. The summed E-state index contributed by atoms with van der Waals surface area (Å²) in [5.41, 5.74) is 5.99. The van der Waals surface area contributed by atoms with E-state index in [1.165, 1.54) is 17.8 Å². The fourth-order valence-corrected chi connectivity index (χ4v) is 4.42. The van der Waals surface area contributed by atoms with Crippen molar-refractivity contribution in [1.82, 2.24) is 4.98 Å². The number of carbonyl (C=O) groups is 1. The van der Waals surface area contributed by atoms with Gasteiger partial charge in [-0.2, -0.15) is 0 Å². The standard InChI is InChI=1S/C29H31FN2O3/c1-19-13-22(30)8-10-26(19)27-16-21(6-9-23-5-4-12-31-23)17-28(32-27)29(33)11-7-20-14-24(34-2)18-25(15-20)35-3/h8,10,13-18H,4-7,9,11-12H2,1-3H3. The lowest BCUT2D eigenvalue weighted by molar-refractivity contribution is 0.0978. The third kappa shape index (κ3) is 6.32. The van der Waals surface area contributed by atoms with E-state index in [0.29, 0.717) is 35.7 Å². The Balaban J connectivity index is 1.59. The van der Waals surface area contributed by atoms with E-state index >= 15 is 0 Å². The molecule has 3 aromatic rings. The SMILES string of the molecule is COc1cc(CCC(=O)c2cc(CCC3=NCCC3)cc(-c3ccc(F)cc3C)n2)cc(OC)c1. The third-order valence-corrected chi connectivity index (χ3v) is 6.35. The summed E-state index contributed by atoms with van der Waals surface area (Å²) < 4.78 is 24.4. The molecule has 1 aliphatic rings. The average molecular weight is 475 g/mol. The first kappa shape index (κ1) is 24.6. The van der Waals surface area contributed by atoms with Crippen LogP contribution < -0.4 is 9.47 Å². The van der Waals surface area contributed by atoms with Crippen LogP contribution in [0.4, 0.5) is 4.39 Å². The molecule has 0 aliphatic carbocycles. The van der Waals surface area contributed by atoms with Crippen molar-refractivity contribution in [3.63, 3.8) is 0 Å². The lowest BCUT2D eigenvalue weighted by atomic mass is 9.98. The van der Waals surface area contributed by atoms with E-state index < -0.39 is 0 Å². The van der Waals surface area contributed by atoms with Crippen LogP contribution in [0.2, 0.25) is 0 Å². The molecular weight excluding hydrogens is 443 g/mol. The average Bonchev–Trinajstić information content (AvgIpc) is 3.39. The monoisotopic (exact) mass is 474 g/mol. The van der Waals surface area contributed by atoms with Crippen molar-refractivity contribution in [1.29, 1.82) is 0 Å². The van der Waals surface area contributed by atoms with Crippen LogP contribution in [0.3, 0.4) is 0 Å². The molecule has 0 spiro atoms. The second-order valence-electron chi connectivity index (χ2n) is 8.90. The van der Waals surface area contributed by atoms with Crippen LogP contribution in [0.15, 0.2) is 53.5 Å². The van der Waals surface area contributed by atoms with Gasteiger partial charge in [0, 0.05) is 30.3 Å². The number of methoxy groups -OCH3 is 2. The van der Waals surface area contributed by atoms with Crippen LogP contribution in [0.1, 0.15) is 52.9 Å². The molecule has 2 aromatic carbocycles. The van der Waals surface area contributed by atoms with Gasteiger partial charge in [0.05, 0.1) is 19.9 Å². The number of ketones is 1. The van der Waals surface area contributed by atoms with Gasteiger partial charge in [-0.25, -0.2) is 9.37 Å². The number of aromatic nitrogens is 1. The van der Waals surface area contributed by atoms with Crippen LogP contribution >= 0.6 is 0 Å². The maximum absolute atomic E-state index is 13.7. The number of rotatable bonds is 10. The molecule has 0 N–H and O–H groups in total. The van der Waals surface area contributed by atoms with Gasteiger partial charge in [-0.15, -0.1) is 0 Å². The zero-order valence-electron chi connectivity index (χ0n) is 20.6. The van der Waals surface area contributed by atoms with E-state index in [9.17, 15) is 9.18 Å². The molecule has 35 heavy (non-hydrogen) atoms. The molecule has 1 aromatic heterocycles. The second-order valence-corrected chi connectivity index (χ2v) is 8.90. The summed E-state index contributed by atoms with van der Waals surface area (Å²) in [6, 6.07) is 14.2. The predicted molar refractivity (Wildman–Crippen MR) is 136 cm³/mol. The molecule has 182 valence electrons. The minimum absolute atomic E-state index is 0.0344. The van der Waals surface area contributed by atoms with Crippen molar-refractivity contribution in [2.75, 3.05) is 20.8 Å². The Morgan fingerprint density at radius 2 is 1.69 bits per heavy atom. The van der Waals surface area contributed by atoms with Gasteiger partial charge < -0.3 is 9.47 Å². The number of benzene rings is 2. The van der Waals surface area contributed by atoms with Gasteiger partial charge in [-0.3, -0.25) is 9.79 Å². The lowest BCUT2D eigenvalue weighted by Gasteiger charge is -2.12. The summed E-state index contributed by atoms with van der Waals surface area (Å²) in [5, 5.41) is 0. The number of aliphatic imine (C=N–C) groups is 1. The van der Waals surface area contributed by atoms with Gasteiger partial charge in [-0.05, 0) is 98.2 Å². The Hall–Kier alpha value is -3.54. The number of pyridine rings is 1. The molecule has 5 nitrogen and oxygen atoms in total. The van der Waals surface area contributed by atoms with Gasteiger partial charge in [0.2, 0.25) is 0 Å². The number of hydrogen-bond acceptors (Lipinski definition) is 5. The van der Waals surface area contributed by atoms with Crippen molar-refractivity contribution >= 4 is 11.5 Å². The minimum atomic E-state index is -0.285. The van der Waals surface area contributed by atoms with Gasteiger partial charge >= 0.3 is 0 Å². The summed E-state index contributed by atoms with van der Waals surface area (Å²) in [7, 11) is 3.21. The first-order valence-electron chi connectivity index (χ1n) is 12.0. The maximum atomic E-state index is 13.7. The molecule has 6 heteroatoms. The first-order valence-corrected chi connectivity index (χ1v) is 12.0. The van der Waals surface area contributed by atoms with E-state index in [1.54, 1.807) is 20.3 Å². The fraction of sp³-hybridized carbons (Fsp3) is 0.345. The normalized spacial score (nSPS) is 13.0. The van der Waals surface area contributed by atoms with E-state index in [0.717, 1.165) is 54.5 Å². The minimum Gasteiger partial charge on any atom is -0.497 e. The first-order chi connectivity index (χ1) is 16.9. The number of hydrogen-bond donors (Lipinski definition) is 0. The maximum Gasteiger partial charge on any atom is 0.181 e. The van der Waals surface area contributed by atoms with Gasteiger partial charge in [0.1, 0.15) is 23.0 Å². The van der Waals surface area contributed by atoms with Crippen LogP contribution in [0.5, 0.6) is 11.5 Å².